The Balaban J connectivity index is 2.59. The lowest BCUT2D eigenvalue weighted by molar-refractivity contribution is -0.139. The van der Waals surface area contributed by atoms with Crippen molar-refractivity contribution in [2.75, 3.05) is 15.7 Å². The number of hydrogen-bond donors (Lipinski definition) is 2. The van der Waals surface area contributed by atoms with E-state index < -0.39 is 43.3 Å². The number of halogens is 4. The first kappa shape index (κ1) is 22.9. The summed E-state index contributed by atoms with van der Waals surface area (Å²) in [7, 11) is -8.13. The highest BCUT2D eigenvalue weighted by Crippen LogP contribution is 2.35. The summed E-state index contributed by atoms with van der Waals surface area (Å²) in [4.78, 5) is -0.299. The zero-order valence-electron chi connectivity index (χ0n) is 15.8. The second kappa shape index (κ2) is 7.48. The van der Waals surface area contributed by atoms with Gasteiger partial charge in [-0.05, 0) is 55.7 Å². The topological polar surface area (TPSA) is 92.3 Å². The molecule has 0 unspecified atom stereocenters. The van der Waals surface area contributed by atoms with Crippen LogP contribution in [0.15, 0.2) is 29.2 Å². The summed E-state index contributed by atoms with van der Waals surface area (Å²) in [5.74, 6) is -1.54. The van der Waals surface area contributed by atoms with E-state index in [0.717, 1.165) is 12.3 Å². The van der Waals surface area contributed by atoms with Crippen molar-refractivity contribution >= 4 is 31.4 Å². The number of benzene rings is 2. The molecule has 0 bridgehead atoms. The minimum absolute atomic E-state index is 0.0496. The molecular formula is C17H18F4N2O4S2. The van der Waals surface area contributed by atoms with E-state index in [4.69, 9.17) is 0 Å². The standard InChI is InChI=1S/C17H18F4N2O4S2/c1-9-7-10(2)16(11(3)15(9)23-28(4,24)25)29(26,27)22-12-5-6-14(18)13(8-12)17(19,20)21/h5-8,22-23H,1-4H3. The first-order chi connectivity index (χ1) is 13.0. The number of anilines is 2. The minimum atomic E-state index is -5.01. The van der Waals surface area contributed by atoms with Crippen LogP contribution in [0.5, 0.6) is 0 Å². The molecule has 0 saturated carbocycles. The number of alkyl halides is 3. The molecule has 6 nitrogen and oxygen atoms in total. The third kappa shape index (κ3) is 5.18. The maximum atomic E-state index is 13.4. The van der Waals surface area contributed by atoms with Gasteiger partial charge in [0.25, 0.3) is 10.0 Å². The molecule has 0 aromatic heterocycles. The van der Waals surface area contributed by atoms with E-state index in [1.807, 2.05) is 4.72 Å². The highest BCUT2D eigenvalue weighted by Gasteiger charge is 2.34. The van der Waals surface area contributed by atoms with Gasteiger partial charge in [0.05, 0.1) is 22.4 Å². The molecule has 0 aliphatic rings. The van der Waals surface area contributed by atoms with Crippen molar-refractivity contribution in [1.29, 1.82) is 0 Å². The van der Waals surface area contributed by atoms with E-state index in [1.54, 1.807) is 6.92 Å². The Kier molecular flexibility index (Phi) is 5.92. The Bertz CT molecular complexity index is 1170. The second-order valence-electron chi connectivity index (χ2n) is 6.51. The molecule has 0 amide bonds. The van der Waals surface area contributed by atoms with Crippen LogP contribution in [0.1, 0.15) is 22.3 Å². The number of hydrogen-bond acceptors (Lipinski definition) is 4. The molecule has 12 heteroatoms. The normalized spacial score (nSPS) is 12.7. The summed E-state index contributed by atoms with van der Waals surface area (Å²) in [5.41, 5.74) is -1.27. The van der Waals surface area contributed by atoms with Gasteiger partial charge < -0.3 is 0 Å². The molecule has 0 saturated heterocycles. The Morgan fingerprint density at radius 2 is 1.48 bits per heavy atom. The predicted octanol–water partition coefficient (Wildman–Crippen LogP) is 3.94. The highest BCUT2D eigenvalue weighted by molar-refractivity contribution is 7.93. The zero-order chi connectivity index (χ0) is 22.4. The number of aryl methyl sites for hydroxylation is 2. The van der Waals surface area contributed by atoms with Gasteiger partial charge >= 0.3 is 6.18 Å². The lowest BCUT2D eigenvalue weighted by Gasteiger charge is -2.19. The van der Waals surface area contributed by atoms with Gasteiger partial charge in [-0.2, -0.15) is 13.2 Å². The summed E-state index contributed by atoms with van der Waals surface area (Å²) in [5, 5.41) is 0. The average Bonchev–Trinajstić information content (AvgIpc) is 2.50. The van der Waals surface area contributed by atoms with Crippen LogP contribution < -0.4 is 9.44 Å². The van der Waals surface area contributed by atoms with Crippen molar-refractivity contribution in [2.45, 2.75) is 31.8 Å². The zero-order valence-corrected chi connectivity index (χ0v) is 17.4. The molecule has 0 aliphatic heterocycles. The fourth-order valence-electron chi connectivity index (χ4n) is 2.94. The summed E-state index contributed by atoms with van der Waals surface area (Å²) in [6, 6.07) is 3.14. The average molecular weight is 454 g/mol. The smallest absolute Gasteiger partial charge is 0.283 e. The Hall–Kier alpha value is -2.34. The van der Waals surface area contributed by atoms with E-state index in [0.29, 0.717) is 17.7 Å². The summed E-state index contributed by atoms with van der Waals surface area (Å²) < 4.78 is 105. The van der Waals surface area contributed by atoms with Crippen LogP contribution >= 0.6 is 0 Å². The van der Waals surface area contributed by atoms with E-state index >= 15 is 0 Å². The molecule has 0 aliphatic carbocycles. The van der Waals surface area contributed by atoms with Gasteiger partial charge in [0, 0.05) is 5.69 Å². The molecule has 0 fully saturated rings. The van der Waals surface area contributed by atoms with Crippen LogP contribution in [0.25, 0.3) is 0 Å². The molecule has 2 aromatic carbocycles. The van der Waals surface area contributed by atoms with Gasteiger partial charge in [0.2, 0.25) is 10.0 Å². The second-order valence-corrected chi connectivity index (χ2v) is 9.88. The van der Waals surface area contributed by atoms with Crippen LogP contribution in [-0.4, -0.2) is 23.1 Å². The molecule has 2 rings (SSSR count). The number of rotatable bonds is 5. The predicted molar refractivity (Wildman–Crippen MR) is 101 cm³/mol. The van der Waals surface area contributed by atoms with Crippen LogP contribution in [0.4, 0.5) is 28.9 Å². The van der Waals surface area contributed by atoms with Gasteiger partial charge in [-0.1, -0.05) is 6.07 Å². The molecule has 2 aromatic rings. The van der Waals surface area contributed by atoms with Gasteiger partial charge in [-0.25, -0.2) is 21.2 Å². The maximum absolute atomic E-state index is 13.4. The Morgan fingerprint density at radius 3 is 2.00 bits per heavy atom. The largest absolute Gasteiger partial charge is 0.419 e. The maximum Gasteiger partial charge on any atom is 0.419 e. The molecule has 0 radical (unpaired) electrons. The first-order valence-electron chi connectivity index (χ1n) is 8.01. The molecule has 29 heavy (non-hydrogen) atoms. The van der Waals surface area contributed by atoms with E-state index in [1.165, 1.54) is 19.9 Å². The summed E-state index contributed by atoms with van der Waals surface area (Å²) in [6.45, 7) is 4.41. The molecule has 0 spiro atoms. The van der Waals surface area contributed by atoms with Crippen molar-refractivity contribution in [2.24, 2.45) is 0 Å². The van der Waals surface area contributed by atoms with Crippen molar-refractivity contribution < 1.29 is 34.4 Å². The van der Waals surface area contributed by atoms with Crippen molar-refractivity contribution in [3.63, 3.8) is 0 Å². The summed E-state index contributed by atoms with van der Waals surface area (Å²) in [6.07, 6.45) is -4.11. The van der Waals surface area contributed by atoms with Crippen LogP contribution in [-0.2, 0) is 26.2 Å². The van der Waals surface area contributed by atoms with Crippen molar-refractivity contribution in [3.8, 4) is 0 Å². The number of nitrogens with one attached hydrogen (secondary N) is 2. The van der Waals surface area contributed by atoms with Gasteiger partial charge in [0.1, 0.15) is 5.82 Å². The number of sulfonamides is 2. The van der Waals surface area contributed by atoms with Crippen LogP contribution in [0.3, 0.4) is 0 Å². The van der Waals surface area contributed by atoms with Crippen LogP contribution in [0, 0.1) is 26.6 Å². The molecule has 2 N–H and O–H groups in total. The van der Waals surface area contributed by atoms with Gasteiger partial charge in [-0.3, -0.25) is 9.44 Å². The lowest BCUT2D eigenvalue weighted by Crippen LogP contribution is -2.19. The van der Waals surface area contributed by atoms with Crippen molar-refractivity contribution in [1.82, 2.24) is 0 Å². The molecule has 0 atom stereocenters. The lowest BCUT2D eigenvalue weighted by atomic mass is 10.1. The van der Waals surface area contributed by atoms with E-state index in [2.05, 4.69) is 4.72 Å². The van der Waals surface area contributed by atoms with E-state index in [-0.39, 0.29) is 21.7 Å². The van der Waals surface area contributed by atoms with Gasteiger partial charge in [-0.15, -0.1) is 0 Å². The molecular weight excluding hydrogens is 436 g/mol. The third-order valence-electron chi connectivity index (χ3n) is 3.98. The third-order valence-corrected chi connectivity index (χ3v) is 6.23. The van der Waals surface area contributed by atoms with E-state index in [9.17, 15) is 34.4 Å². The SMILES string of the molecule is Cc1cc(C)c(S(=O)(=O)Nc2ccc(F)c(C(F)(F)F)c2)c(C)c1NS(C)(=O)=O. The van der Waals surface area contributed by atoms with Crippen molar-refractivity contribution in [3.05, 3.63) is 52.3 Å². The quantitative estimate of drug-likeness (QED) is 0.670. The fourth-order valence-corrected chi connectivity index (χ4v) is 5.15. The highest BCUT2D eigenvalue weighted by atomic mass is 32.2. The first-order valence-corrected chi connectivity index (χ1v) is 11.4. The monoisotopic (exact) mass is 454 g/mol. The van der Waals surface area contributed by atoms with Crippen LogP contribution in [0.2, 0.25) is 0 Å². The fraction of sp³-hybridized carbons (Fsp3) is 0.294. The Labute approximate surface area is 166 Å². The molecule has 160 valence electrons. The summed E-state index contributed by atoms with van der Waals surface area (Å²) >= 11 is 0. The van der Waals surface area contributed by atoms with Gasteiger partial charge in [0.15, 0.2) is 0 Å². The minimum Gasteiger partial charge on any atom is -0.283 e. The Morgan fingerprint density at radius 1 is 0.897 bits per heavy atom. The molecule has 0 heterocycles.